The molecule has 122 valence electrons. The van der Waals surface area contributed by atoms with Gasteiger partial charge in [-0.25, -0.2) is 4.98 Å². The zero-order valence-electron chi connectivity index (χ0n) is 13.0. The predicted octanol–water partition coefficient (Wildman–Crippen LogP) is 2.97. The molecule has 0 saturated carbocycles. The van der Waals surface area contributed by atoms with Crippen molar-refractivity contribution in [3.8, 4) is 10.6 Å². The maximum absolute atomic E-state index is 12.3. The number of pyridine rings is 1. The van der Waals surface area contributed by atoms with Gasteiger partial charge in [-0.05, 0) is 29.8 Å². The lowest BCUT2D eigenvalue weighted by molar-refractivity contribution is 0.901. The lowest BCUT2D eigenvalue weighted by Gasteiger charge is -1.98. The van der Waals surface area contributed by atoms with E-state index in [0.717, 1.165) is 11.1 Å². The van der Waals surface area contributed by atoms with Crippen molar-refractivity contribution in [2.45, 2.75) is 0 Å². The van der Waals surface area contributed by atoms with Crippen molar-refractivity contribution >= 4 is 34.1 Å². The number of nitrogens with zero attached hydrogens (tertiary/aromatic N) is 4. The van der Waals surface area contributed by atoms with Crippen molar-refractivity contribution < 1.29 is 0 Å². The zero-order chi connectivity index (χ0) is 17.2. The van der Waals surface area contributed by atoms with E-state index in [4.69, 9.17) is 5.73 Å². The van der Waals surface area contributed by atoms with E-state index in [2.05, 4.69) is 15.1 Å². The van der Waals surface area contributed by atoms with Crippen molar-refractivity contribution in [3.05, 3.63) is 76.5 Å². The van der Waals surface area contributed by atoms with Gasteiger partial charge in [0.25, 0.3) is 5.56 Å². The minimum absolute atomic E-state index is 0.229. The van der Waals surface area contributed by atoms with Gasteiger partial charge in [-0.3, -0.25) is 9.78 Å². The monoisotopic (exact) mass is 347 g/mol. The number of rotatable bonds is 3. The van der Waals surface area contributed by atoms with Crippen LogP contribution in [0.25, 0.3) is 27.7 Å². The Balaban J connectivity index is 1.76. The zero-order valence-corrected chi connectivity index (χ0v) is 13.9. The highest BCUT2D eigenvalue weighted by Crippen LogP contribution is 2.28. The van der Waals surface area contributed by atoms with Gasteiger partial charge in [0, 0.05) is 29.7 Å². The van der Waals surface area contributed by atoms with Crippen LogP contribution in [-0.4, -0.2) is 19.6 Å². The third kappa shape index (κ3) is 3.05. The van der Waals surface area contributed by atoms with E-state index in [-0.39, 0.29) is 5.56 Å². The van der Waals surface area contributed by atoms with Crippen LogP contribution >= 0.6 is 11.3 Å². The summed E-state index contributed by atoms with van der Waals surface area (Å²) in [5.41, 5.74) is 8.69. The molecule has 0 saturated heterocycles. The van der Waals surface area contributed by atoms with Crippen LogP contribution in [0.15, 0.2) is 59.7 Å². The smallest absolute Gasteiger partial charge is 0.275 e. The summed E-state index contributed by atoms with van der Waals surface area (Å²) in [6.45, 7) is 0. The minimum Gasteiger partial charge on any atom is -0.398 e. The number of aromatic nitrogens is 4. The van der Waals surface area contributed by atoms with E-state index in [1.54, 1.807) is 24.5 Å². The largest absolute Gasteiger partial charge is 0.398 e. The van der Waals surface area contributed by atoms with E-state index in [0.29, 0.717) is 21.3 Å². The van der Waals surface area contributed by atoms with Crippen LogP contribution in [0.3, 0.4) is 0 Å². The molecule has 0 amide bonds. The Morgan fingerprint density at radius 2 is 2.00 bits per heavy atom. The third-order valence-corrected chi connectivity index (χ3v) is 4.53. The number of para-hydroxylation sites is 1. The number of benzene rings is 1. The molecule has 3 heterocycles. The van der Waals surface area contributed by atoms with Crippen LogP contribution in [0, 0.1) is 0 Å². The molecule has 4 rings (SSSR count). The second kappa shape index (κ2) is 6.29. The van der Waals surface area contributed by atoms with E-state index in [1.165, 1.54) is 21.9 Å². The van der Waals surface area contributed by atoms with E-state index >= 15 is 0 Å². The van der Waals surface area contributed by atoms with Crippen molar-refractivity contribution in [2.75, 3.05) is 5.73 Å². The summed E-state index contributed by atoms with van der Waals surface area (Å²) < 4.78 is 1.30. The van der Waals surface area contributed by atoms with E-state index in [1.807, 2.05) is 36.4 Å². The summed E-state index contributed by atoms with van der Waals surface area (Å²) in [4.78, 5) is 21.4. The van der Waals surface area contributed by atoms with Crippen molar-refractivity contribution in [1.82, 2.24) is 19.6 Å². The molecule has 0 atom stereocenters. The first-order chi connectivity index (χ1) is 12.2. The summed E-state index contributed by atoms with van der Waals surface area (Å²) in [5.74, 6) is 0. The molecule has 2 N–H and O–H groups in total. The van der Waals surface area contributed by atoms with Gasteiger partial charge in [-0.2, -0.15) is 9.61 Å². The highest BCUT2D eigenvalue weighted by molar-refractivity contribution is 7.19. The van der Waals surface area contributed by atoms with Crippen LogP contribution in [0.2, 0.25) is 0 Å². The van der Waals surface area contributed by atoms with Crippen LogP contribution in [0.1, 0.15) is 11.3 Å². The Hall–Kier alpha value is -3.32. The minimum atomic E-state index is -0.229. The molecule has 0 spiro atoms. The molecule has 0 radical (unpaired) electrons. The molecular weight excluding hydrogens is 334 g/mol. The SMILES string of the molecule is Nc1ccccc1-c1nn2c(=O)cc(C=Cc3cccnc3)nc2s1. The van der Waals surface area contributed by atoms with Gasteiger partial charge in [-0.1, -0.05) is 35.6 Å². The number of anilines is 1. The van der Waals surface area contributed by atoms with Crippen LogP contribution in [0.5, 0.6) is 0 Å². The van der Waals surface area contributed by atoms with Gasteiger partial charge >= 0.3 is 0 Å². The summed E-state index contributed by atoms with van der Waals surface area (Å²) in [6, 6.07) is 12.7. The Kier molecular flexibility index (Phi) is 3.83. The van der Waals surface area contributed by atoms with Gasteiger partial charge in [0.2, 0.25) is 4.96 Å². The van der Waals surface area contributed by atoms with Crippen LogP contribution in [0.4, 0.5) is 5.69 Å². The number of fused-ring (bicyclic) bond motifs is 1. The number of hydrogen-bond acceptors (Lipinski definition) is 6. The van der Waals surface area contributed by atoms with Gasteiger partial charge in [0.15, 0.2) is 0 Å². The average molecular weight is 347 g/mol. The molecular formula is C18H13N5OS. The molecule has 6 nitrogen and oxygen atoms in total. The van der Waals surface area contributed by atoms with Crippen molar-refractivity contribution in [1.29, 1.82) is 0 Å². The molecule has 4 aromatic rings. The first kappa shape index (κ1) is 15.2. The molecule has 0 bridgehead atoms. The second-order valence-electron chi connectivity index (χ2n) is 5.33. The van der Waals surface area contributed by atoms with E-state index < -0.39 is 0 Å². The van der Waals surface area contributed by atoms with Gasteiger partial charge in [-0.15, -0.1) is 0 Å². The molecule has 1 aromatic carbocycles. The van der Waals surface area contributed by atoms with Crippen LogP contribution in [-0.2, 0) is 0 Å². The highest BCUT2D eigenvalue weighted by atomic mass is 32.1. The van der Waals surface area contributed by atoms with Crippen molar-refractivity contribution in [3.63, 3.8) is 0 Å². The molecule has 0 aliphatic carbocycles. The summed E-state index contributed by atoms with van der Waals surface area (Å²) in [6.07, 6.45) is 7.10. The first-order valence-electron chi connectivity index (χ1n) is 7.54. The Bertz CT molecular complexity index is 1130. The summed E-state index contributed by atoms with van der Waals surface area (Å²) in [7, 11) is 0. The fraction of sp³-hybridized carbons (Fsp3) is 0. The number of hydrogen-bond donors (Lipinski definition) is 1. The number of nitrogen functional groups attached to an aromatic ring is 1. The van der Waals surface area contributed by atoms with Gasteiger partial charge in [0.1, 0.15) is 5.01 Å². The topological polar surface area (TPSA) is 86.2 Å². The Labute approximate surface area is 146 Å². The fourth-order valence-electron chi connectivity index (χ4n) is 2.37. The lowest BCUT2D eigenvalue weighted by Crippen LogP contribution is -2.14. The third-order valence-electron chi connectivity index (χ3n) is 3.59. The second-order valence-corrected chi connectivity index (χ2v) is 6.28. The molecule has 0 fully saturated rings. The number of nitrogens with two attached hydrogens (primary N) is 1. The average Bonchev–Trinajstić information content (AvgIpc) is 3.06. The summed E-state index contributed by atoms with van der Waals surface area (Å²) >= 11 is 1.33. The maximum atomic E-state index is 12.3. The fourth-order valence-corrected chi connectivity index (χ4v) is 3.33. The Morgan fingerprint density at radius 1 is 1.12 bits per heavy atom. The van der Waals surface area contributed by atoms with Gasteiger partial charge in [0.05, 0.1) is 5.69 Å². The predicted molar refractivity (Wildman–Crippen MR) is 100 cm³/mol. The normalized spacial score (nSPS) is 11.4. The lowest BCUT2D eigenvalue weighted by atomic mass is 10.2. The first-order valence-corrected chi connectivity index (χ1v) is 8.36. The van der Waals surface area contributed by atoms with Crippen molar-refractivity contribution in [2.24, 2.45) is 0 Å². The molecule has 0 aliphatic heterocycles. The molecule has 0 aliphatic rings. The van der Waals surface area contributed by atoms with Crippen LogP contribution < -0.4 is 11.3 Å². The molecule has 3 aromatic heterocycles. The molecule has 0 unspecified atom stereocenters. The molecule has 7 heteroatoms. The molecule has 25 heavy (non-hydrogen) atoms. The summed E-state index contributed by atoms with van der Waals surface area (Å²) in [5, 5.41) is 5.01. The maximum Gasteiger partial charge on any atom is 0.275 e. The van der Waals surface area contributed by atoms with E-state index in [9.17, 15) is 4.79 Å². The quantitative estimate of drug-likeness (QED) is 0.576. The van der Waals surface area contributed by atoms with Gasteiger partial charge < -0.3 is 5.73 Å². The Morgan fingerprint density at radius 3 is 2.80 bits per heavy atom. The highest BCUT2D eigenvalue weighted by Gasteiger charge is 2.11. The standard InChI is InChI=1S/C18H13N5OS/c19-15-6-2-1-5-14(15)17-22-23-16(24)10-13(21-18(23)25-17)8-7-12-4-3-9-20-11-12/h1-11H,19H2.